The minimum absolute atomic E-state index is 0.00232. The van der Waals surface area contributed by atoms with Crippen LogP contribution in [0, 0.1) is 29.6 Å². The SMILES string of the molecule is C=C(N[C@H](C(=O)N(C)[C@@H]([C@@H](C)CC)[C@@H](CC(=O)N1CCC[C@H]1[C@H](C)[C@@H](C)C(=O)N[C@H](C)[C@@H](O)c1ccccc1)OC)C(C)C)[C@H](C(C)C)N(C)C(=O)COCCOCCC. The van der Waals surface area contributed by atoms with Crippen molar-refractivity contribution in [3.8, 4) is 0 Å². The molecular formula is C47H81N5O8. The molecule has 1 aliphatic heterocycles. The van der Waals surface area contributed by atoms with E-state index in [0.717, 1.165) is 31.2 Å². The first-order chi connectivity index (χ1) is 28.3. The normalized spacial score (nSPS) is 18.8. The Balaban J connectivity index is 2.20. The first-order valence-corrected chi connectivity index (χ1v) is 22.3. The summed E-state index contributed by atoms with van der Waals surface area (Å²) in [5, 5.41) is 17.3. The molecule has 0 bridgehead atoms. The molecule has 1 heterocycles. The Morgan fingerprint density at radius 3 is 2.10 bits per heavy atom. The number of aliphatic hydroxyl groups excluding tert-OH is 1. The van der Waals surface area contributed by atoms with Gasteiger partial charge in [-0.25, -0.2) is 0 Å². The number of likely N-dealkylation sites (tertiary alicyclic amines) is 1. The van der Waals surface area contributed by atoms with E-state index in [2.05, 4.69) is 31.1 Å². The fourth-order valence-corrected chi connectivity index (χ4v) is 8.50. The summed E-state index contributed by atoms with van der Waals surface area (Å²) in [5.41, 5.74) is 1.29. The maximum absolute atomic E-state index is 14.6. The minimum atomic E-state index is -0.844. The monoisotopic (exact) mass is 844 g/mol. The number of nitrogens with zero attached hydrogens (tertiary/aromatic N) is 3. The van der Waals surface area contributed by atoms with Gasteiger partial charge >= 0.3 is 0 Å². The average Bonchev–Trinajstić information content (AvgIpc) is 3.72. The second-order valence-electron chi connectivity index (χ2n) is 17.7. The van der Waals surface area contributed by atoms with Crippen molar-refractivity contribution in [1.82, 2.24) is 25.3 Å². The highest BCUT2D eigenvalue weighted by molar-refractivity contribution is 5.83. The number of hydrogen-bond donors (Lipinski definition) is 3. The molecular weight excluding hydrogens is 763 g/mol. The van der Waals surface area contributed by atoms with E-state index in [1.807, 2.05) is 83.7 Å². The Bertz CT molecular complexity index is 1480. The highest BCUT2D eigenvalue weighted by atomic mass is 16.5. The summed E-state index contributed by atoms with van der Waals surface area (Å²) in [7, 11) is 5.10. The van der Waals surface area contributed by atoms with Crippen molar-refractivity contribution in [3.63, 3.8) is 0 Å². The maximum Gasteiger partial charge on any atom is 0.248 e. The molecule has 13 nitrogen and oxygen atoms in total. The predicted molar refractivity (Wildman–Crippen MR) is 238 cm³/mol. The fraction of sp³-hybridized carbons (Fsp3) is 0.745. The molecule has 1 aromatic carbocycles. The molecule has 10 atom stereocenters. The van der Waals surface area contributed by atoms with Gasteiger partial charge in [0.05, 0.1) is 50.0 Å². The van der Waals surface area contributed by atoms with Gasteiger partial charge in [-0.3, -0.25) is 19.2 Å². The zero-order chi connectivity index (χ0) is 45.3. The summed E-state index contributed by atoms with van der Waals surface area (Å²) in [6, 6.07) is 7.15. The molecule has 0 radical (unpaired) electrons. The van der Waals surface area contributed by atoms with Crippen molar-refractivity contribution in [3.05, 3.63) is 48.2 Å². The molecule has 1 fully saturated rings. The van der Waals surface area contributed by atoms with E-state index in [-0.39, 0.29) is 66.4 Å². The van der Waals surface area contributed by atoms with Crippen LogP contribution in [0.3, 0.4) is 0 Å². The van der Waals surface area contributed by atoms with E-state index in [1.165, 1.54) is 0 Å². The minimum Gasteiger partial charge on any atom is -0.386 e. The van der Waals surface area contributed by atoms with Crippen LogP contribution in [-0.4, -0.2) is 134 Å². The lowest BCUT2D eigenvalue weighted by atomic mass is 9.86. The lowest BCUT2D eigenvalue weighted by Gasteiger charge is -2.41. The van der Waals surface area contributed by atoms with Crippen LogP contribution in [0.2, 0.25) is 0 Å². The summed E-state index contributed by atoms with van der Waals surface area (Å²) in [6.07, 6.45) is 1.92. The van der Waals surface area contributed by atoms with Crippen molar-refractivity contribution in [2.45, 2.75) is 144 Å². The summed E-state index contributed by atoms with van der Waals surface area (Å²) in [4.78, 5) is 60.8. The first kappa shape index (κ1) is 52.6. The molecule has 1 saturated heterocycles. The van der Waals surface area contributed by atoms with Crippen LogP contribution < -0.4 is 10.6 Å². The second-order valence-corrected chi connectivity index (χ2v) is 17.7. The average molecular weight is 844 g/mol. The highest BCUT2D eigenvalue weighted by Crippen LogP contribution is 2.32. The van der Waals surface area contributed by atoms with Crippen LogP contribution >= 0.6 is 0 Å². The van der Waals surface area contributed by atoms with Gasteiger partial charge in [0.25, 0.3) is 0 Å². The zero-order valence-electron chi connectivity index (χ0n) is 39.2. The van der Waals surface area contributed by atoms with Gasteiger partial charge in [0.15, 0.2) is 0 Å². The molecule has 0 saturated carbocycles. The Labute approximate surface area is 362 Å². The third-order valence-electron chi connectivity index (χ3n) is 12.5. The summed E-state index contributed by atoms with van der Waals surface area (Å²) < 4.78 is 17.1. The lowest BCUT2D eigenvalue weighted by Crippen LogP contribution is -2.58. The van der Waals surface area contributed by atoms with Crippen LogP contribution in [0.25, 0.3) is 0 Å². The van der Waals surface area contributed by atoms with Crippen LogP contribution in [0.5, 0.6) is 0 Å². The topological polar surface area (TPSA) is 150 Å². The second kappa shape index (κ2) is 26.1. The van der Waals surface area contributed by atoms with Crippen molar-refractivity contribution >= 4 is 23.6 Å². The van der Waals surface area contributed by atoms with E-state index in [4.69, 9.17) is 14.2 Å². The summed E-state index contributed by atoms with van der Waals surface area (Å²) in [5.74, 6) is -1.26. The standard InChI is InChI=1S/C47H81N5O8/c1-15-25-59-26-27-60-29-41(54)50(12)43(31(5)6)35(10)48-42(30(3)4)47(57)51(13)44(32(7)16-2)39(58-14)28-40(53)52-24-20-23-38(52)33(8)34(9)46(56)49-36(11)45(55)37-21-18-17-19-22-37/h17-19,21-22,30-34,36,38-39,42-45,48,55H,10,15-16,20,23-29H2,1-9,11-14H3,(H,49,56)/t32-,33+,34+,36+,38-,39+,42-,43-,44-,45+/m0/s1. The van der Waals surface area contributed by atoms with Crippen LogP contribution in [0.15, 0.2) is 42.6 Å². The Morgan fingerprint density at radius 1 is 0.900 bits per heavy atom. The number of carbonyl (C=O) groups is 4. The third kappa shape index (κ3) is 14.8. The number of likely N-dealkylation sites (N-methyl/N-ethyl adjacent to an activating group) is 2. The lowest BCUT2D eigenvalue weighted by molar-refractivity contribution is -0.145. The number of amides is 4. The molecule has 0 spiro atoms. The maximum atomic E-state index is 14.6. The van der Waals surface area contributed by atoms with Gasteiger partial charge < -0.3 is 44.7 Å². The number of hydrogen-bond acceptors (Lipinski definition) is 9. The molecule has 4 amide bonds. The highest BCUT2D eigenvalue weighted by Gasteiger charge is 2.42. The van der Waals surface area contributed by atoms with Crippen LogP contribution in [-0.2, 0) is 33.4 Å². The van der Waals surface area contributed by atoms with Crippen molar-refractivity contribution in [1.29, 1.82) is 0 Å². The van der Waals surface area contributed by atoms with Crippen LogP contribution in [0.4, 0.5) is 0 Å². The van der Waals surface area contributed by atoms with E-state index >= 15 is 0 Å². The molecule has 3 N–H and O–H groups in total. The Hall–Kier alpha value is -3.52. The van der Waals surface area contributed by atoms with Gasteiger partial charge in [-0.15, -0.1) is 0 Å². The predicted octanol–water partition coefficient (Wildman–Crippen LogP) is 5.82. The number of ether oxygens (including phenoxy) is 3. The summed E-state index contributed by atoms with van der Waals surface area (Å²) in [6.45, 7) is 26.1. The Morgan fingerprint density at radius 2 is 1.53 bits per heavy atom. The quantitative estimate of drug-likeness (QED) is 0.0932. The van der Waals surface area contributed by atoms with E-state index in [1.54, 1.807) is 37.9 Å². The van der Waals surface area contributed by atoms with Crippen molar-refractivity contribution < 1.29 is 38.5 Å². The smallest absolute Gasteiger partial charge is 0.248 e. The van der Waals surface area contributed by atoms with Gasteiger partial charge in [-0.2, -0.15) is 0 Å². The third-order valence-corrected chi connectivity index (χ3v) is 12.5. The molecule has 2 rings (SSSR count). The first-order valence-electron chi connectivity index (χ1n) is 22.3. The number of nitrogens with one attached hydrogen (secondary N) is 2. The van der Waals surface area contributed by atoms with Gasteiger partial charge in [0.1, 0.15) is 12.6 Å². The molecule has 0 unspecified atom stereocenters. The van der Waals surface area contributed by atoms with Gasteiger partial charge in [-0.05, 0) is 55.4 Å². The molecule has 60 heavy (non-hydrogen) atoms. The van der Waals surface area contributed by atoms with Gasteiger partial charge in [-0.1, -0.05) is 106 Å². The van der Waals surface area contributed by atoms with E-state index in [9.17, 15) is 24.3 Å². The summed E-state index contributed by atoms with van der Waals surface area (Å²) >= 11 is 0. The number of carbonyl (C=O) groups excluding carboxylic acids is 4. The van der Waals surface area contributed by atoms with Crippen molar-refractivity contribution in [2.24, 2.45) is 29.6 Å². The number of aliphatic hydroxyl groups is 1. The largest absolute Gasteiger partial charge is 0.386 e. The molecule has 342 valence electrons. The molecule has 13 heteroatoms. The van der Waals surface area contributed by atoms with E-state index < -0.39 is 42.3 Å². The molecule has 1 aliphatic rings. The van der Waals surface area contributed by atoms with Gasteiger partial charge in [0.2, 0.25) is 23.6 Å². The molecule has 1 aromatic rings. The van der Waals surface area contributed by atoms with Crippen LogP contribution in [0.1, 0.15) is 113 Å². The fourth-order valence-electron chi connectivity index (χ4n) is 8.50. The number of rotatable bonds is 27. The van der Waals surface area contributed by atoms with E-state index in [0.29, 0.717) is 32.1 Å². The number of benzene rings is 1. The number of methoxy groups -OCH3 is 1. The van der Waals surface area contributed by atoms with Gasteiger partial charge in [0, 0.05) is 52.0 Å². The Kier molecular flexibility index (Phi) is 22.9. The molecule has 0 aliphatic carbocycles. The molecule has 0 aromatic heterocycles. The van der Waals surface area contributed by atoms with Crippen molar-refractivity contribution in [2.75, 3.05) is 54.2 Å². The zero-order valence-corrected chi connectivity index (χ0v) is 39.2.